The maximum absolute atomic E-state index is 13.7. The summed E-state index contributed by atoms with van der Waals surface area (Å²) in [6, 6.07) is 4.30. The first-order valence-corrected chi connectivity index (χ1v) is 7.12. The zero-order valence-electron chi connectivity index (χ0n) is 12.8. The van der Waals surface area contributed by atoms with E-state index in [9.17, 15) is 9.18 Å². The number of methoxy groups -OCH3 is 1. The number of carbonyl (C=O) groups is 1. The Kier molecular flexibility index (Phi) is 4.83. The first-order valence-electron chi connectivity index (χ1n) is 7.12. The van der Waals surface area contributed by atoms with Crippen LogP contribution in [-0.2, 0) is 4.74 Å². The fourth-order valence-corrected chi connectivity index (χ4v) is 2.69. The van der Waals surface area contributed by atoms with Gasteiger partial charge in [-0.15, -0.1) is 0 Å². The van der Waals surface area contributed by atoms with Crippen LogP contribution in [0.5, 0.6) is 5.75 Å². The number of hydrogen-bond acceptors (Lipinski definition) is 3. The number of benzene rings is 1. The third-order valence-electron chi connectivity index (χ3n) is 4.06. The number of amides is 1. The van der Waals surface area contributed by atoms with Gasteiger partial charge in [-0.25, -0.2) is 4.39 Å². The van der Waals surface area contributed by atoms with Gasteiger partial charge in [0, 0.05) is 32.4 Å². The second kappa shape index (κ2) is 6.43. The van der Waals surface area contributed by atoms with E-state index in [4.69, 9.17) is 9.47 Å². The minimum Gasteiger partial charge on any atom is -0.494 e. The van der Waals surface area contributed by atoms with E-state index in [1.807, 2.05) is 0 Å². The van der Waals surface area contributed by atoms with Gasteiger partial charge in [-0.3, -0.25) is 4.79 Å². The Hall–Kier alpha value is -1.62. The lowest BCUT2D eigenvalue weighted by Gasteiger charge is -2.36. The minimum atomic E-state index is -0.519. The van der Waals surface area contributed by atoms with Crippen molar-refractivity contribution in [2.45, 2.75) is 19.8 Å². The highest BCUT2D eigenvalue weighted by Crippen LogP contribution is 2.31. The Bertz CT molecular complexity index is 512. The molecule has 1 saturated heterocycles. The minimum absolute atomic E-state index is 0.0632. The van der Waals surface area contributed by atoms with Crippen molar-refractivity contribution >= 4 is 5.91 Å². The highest BCUT2D eigenvalue weighted by atomic mass is 19.1. The van der Waals surface area contributed by atoms with Crippen LogP contribution in [0.1, 0.15) is 30.1 Å². The van der Waals surface area contributed by atoms with E-state index in [0.29, 0.717) is 12.1 Å². The molecule has 1 heterocycles. The van der Waals surface area contributed by atoms with E-state index in [1.54, 1.807) is 18.0 Å². The summed E-state index contributed by atoms with van der Waals surface area (Å²) in [5, 5.41) is 0. The molecule has 1 fully saturated rings. The van der Waals surface area contributed by atoms with Crippen LogP contribution in [0, 0.1) is 11.2 Å². The molecule has 0 atom stereocenters. The van der Waals surface area contributed by atoms with Gasteiger partial charge in [0.05, 0.1) is 7.11 Å². The monoisotopic (exact) mass is 295 g/mol. The van der Waals surface area contributed by atoms with Crippen molar-refractivity contribution in [3.63, 3.8) is 0 Å². The highest BCUT2D eigenvalue weighted by molar-refractivity contribution is 5.94. The number of halogens is 1. The largest absolute Gasteiger partial charge is 0.494 e. The third kappa shape index (κ3) is 3.73. The van der Waals surface area contributed by atoms with Gasteiger partial charge in [-0.2, -0.15) is 0 Å². The van der Waals surface area contributed by atoms with Gasteiger partial charge in [0.1, 0.15) is 0 Å². The molecule has 0 aromatic heterocycles. The molecule has 0 spiro atoms. The van der Waals surface area contributed by atoms with E-state index in [2.05, 4.69) is 6.92 Å². The molecule has 1 aliphatic heterocycles. The summed E-state index contributed by atoms with van der Waals surface area (Å²) in [7, 11) is 3.16. The first kappa shape index (κ1) is 15.8. The Morgan fingerprint density at radius 2 is 2.10 bits per heavy atom. The molecule has 1 amide bonds. The van der Waals surface area contributed by atoms with Crippen LogP contribution >= 0.6 is 0 Å². The SMILES string of the molecule is COc1ccc(C(=O)N(C)CC2(C)CCOCC2)cc1F. The zero-order chi connectivity index (χ0) is 15.5. The molecule has 21 heavy (non-hydrogen) atoms. The molecule has 1 aromatic rings. The van der Waals surface area contributed by atoms with Crippen LogP contribution in [0.25, 0.3) is 0 Å². The van der Waals surface area contributed by atoms with Gasteiger partial charge in [0.15, 0.2) is 11.6 Å². The molecule has 0 N–H and O–H groups in total. The number of carbonyl (C=O) groups excluding carboxylic acids is 1. The van der Waals surface area contributed by atoms with E-state index in [0.717, 1.165) is 26.1 Å². The van der Waals surface area contributed by atoms with Crippen LogP contribution in [0.15, 0.2) is 18.2 Å². The van der Waals surface area contributed by atoms with E-state index in [-0.39, 0.29) is 17.1 Å². The molecule has 0 aliphatic carbocycles. The fraction of sp³-hybridized carbons (Fsp3) is 0.562. The van der Waals surface area contributed by atoms with Crippen molar-refractivity contribution in [1.29, 1.82) is 0 Å². The summed E-state index contributed by atoms with van der Waals surface area (Å²) in [6.07, 6.45) is 1.86. The van der Waals surface area contributed by atoms with Crippen LogP contribution in [0.4, 0.5) is 4.39 Å². The van der Waals surface area contributed by atoms with Gasteiger partial charge < -0.3 is 14.4 Å². The predicted octanol–water partition coefficient (Wildman–Crippen LogP) is 2.72. The average molecular weight is 295 g/mol. The summed E-state index contributed by atoms with van der Waals surface area (Å²) in [5.74, 6) is -0.552. The van der Waals surface area contributed by atoms with E-state index < -0.39 is 5.82 Å². The molecule has 0 radical (unpaired) electrons. The lowest BCUT2D eigenvalue weighted by atomic mass is 9.82. The zero-order valence-corrected chi connectivity index (χ0v) is 12.8. The lowest BCUT2D eigenvalue weighted by molar-refractivity contribution is 0.00916. The summed E-state index contributed by atoms with van der Waals surface area (Å²) in [5.41, 5.74) is 0.402. The Morgan fingerprint density at radius 3 is 2.67 bits per heavy atom. The summed E-state index contributed by atoms with van der Waals surface area (Å²) >= 11 is 0. The Balaban J connectivity index is 2.06. The van der Waals surface area contributed by atoms with Gasteiger partial charge >= 0.3 is 0 Å². The van der Waals surface area contributed by atoms with Crippen LogP contribution in [0.2, 0.25) is 0 Å². The van der Waals surface area contributed by atoms with Crippen molar-refractivity contribution in [3.8, 4) is 5.75 Å². The number of ether oxygens (including phenoxy) is 2. The molecule has 0 saturated carbocycles. The molecule has 1 aromatic carbocycles. The smallest absolute Gasteiger partial charge is 0.253 e. The average Bonchev–Trinajstić information content (AvgIpc) is 2.46. The Morgan fingerprint density at radius 1 is 1.43 bits per heavy atom. The topological polar surface area (TPSA) is 38.8 Å². The van der Waals surface area contributed by atoms with Crippen LogP contribution < -0.4 is 4.74 Å². The number of rotatable bonds is 4. The molecular weight excluding hydrogens is 273 g/mol. The van der Waals surface area contributed by atoms with Crippen molar-refractivity contribution in [2.75, 3.05) is 33.9 Å². The van der Waals surface area contributed by atoms with Crippen molar-refractivity contribution in [2.24, 2.45) is 5.41 Å². The standard InChI is InChI=1S/C16H22FNO3/c1-16(6-8-21-9-7-16)11-18(2)15(19)12-4-5-14(20-3)13(17)10-12/h4-5,10H,6-9,11H2,1-3H3. The molecule has 0 unspecified atom stereocenters. The first-order chi connectivity index (χ1) is 9.95. The summed E-state index contributed by atoms with van der Waals surface area (Å²) in [4.78, 5) is 14.1. The van der Waals surface area contributed by atoms with Gasteiger partial charge in [-0.05, 0) is 36.5 Å². The maximum Gasteiger partial charge on any atom is 0.253 e. The van der Waals surface area contributed by atoms with Crippen molar-refractivity contribution < 1.29 is 18.7 Å². The van der Waals surface area contributed by atoms with Gasteiger partial charge in [-0.1, -0.05) is 6.92 Å². The fourth-order valence-electron chi connectivity index (χ4n) is 2.69. The van der Waals surface area contributed by atoms with E-state index >= 15 is 0 Å². The quantitative estimate of drug-likeness (QED) is 0.857. The Labute approximate surface area is 124 Å². The summed E-state index contributed by atoms with van der Waals surface area (Å²) < 4.78 is 23.9. The van der Waals surface area contributed by atoms with Crippen LogP contribution in [-0.4, -0.2) is 44.7 Å². The molecule has 4 nitrogen and oxygen atoms in total. The molecule has 2 rings (SSSR count). The molecule has 1 aliphatic rings. The van der Waals surface area contributed by atoms with E-state index in [1.165, 1.54) is 19.2 Å². The maximum atomic E-state index is 13.7. The third-order valence-corrected chi connectivity index (χ3v) is 4.06. The van der Waals surface area contributed by atoms with Gasteiger partial charge in [0.2, 0.25) is 0 Å². The molecule has 0 bridgehead atoms. The number of hydrogen-bond donors (Lipinski definition) is 0. The second-order valence-electron chi connectivity index (χ2n) is 5.93. The van der Waals surface area contributed by atoms with Crippen molar-refractivity contribution in [1.82, 2.24) is 4.90 Å². The second-order valence-corrected chi connectivity index (χ2v) is 5.93. The lowest BCUT2D eigenvalue weighted by Crippen LogP contribution is -2.40. The molecule has 116 valence electrons. The normalized spacial score (nSPS) is 17.3. The van der Waals surface area contributed by atoms with Crippen molar-refractivity contribution in [3.05, 3.63) is 29.6 Å². The predicted molar refractivity (Wildman–Crippen MR) is 78.1 cm³/mol. The van der Waals surface area contributed by atoms with Gasteiger partial charge in [0.25, 0.3) is 5.91 Å². The number of nitrogens with zero attached hydrogens (tertiary/aromatic N) is 1. The summed E-state index contributed by atoms with van der Waals surface area (Å²) in [6.45, 7) is 4.27. The molecular formula is C16H22FNO3. The molecule has 5 heteroatoms. The highest BCUT2D eigenvalue weighted by Gasteiger charge is 2.30. The van der Waals surface area contributed by atoms with Crippen LogP contribution in [0.3, 0.4) is 0 Å².